The Bertz CT molecular complexity index is 503. The molecule has 0 spiro atoms. The summed E-state index contributed by atoms with van der Waals surface area (Å²) < 4.78 is 0.210. The molecule has 0 radical (unpaired) electrons. The maximum Gasteiger partial charge on any atom is 0.154 e. The van der Waals surface area contributed by atoms with Gasteiger partial charge in [-0.3, -0.25) is 5.41 Å². The highest BCUT2D eigenvalue weighted by Gasteiger charge is 2.21. The highest BCUT2D eigenvalue weighted by Crippen LogP contribution is 2.36. The summed E-state index contributed by atoms with van der Waals surface area (Å²) in [7, 11) is 0. The number of nitrogens with zero attached hydrogens (tertiary/aromatic N) is 1. The molecule has 0 amide bonds. The predicted molar refractivity (Wildman–Crippen MR) is 74.2 cm³/mol. The Morgan fingerprint density at radius 1 is 1.35 bits per heavy atom. The van der Waals surface area contributed by atoms with Crippen molar-refractivity contribution in [3.63, 3.8) is 0 Å². The maximum absolute atomic E-state index is 7.76. The van der Waals surface area contributed by atoms with E-state index in [2.05, 4.69) is 31.8 Å². The minimum Gasteiger partial charge on any atom is -0.383 e. The quantitative estimate of drug-likeness (QED) is 0.806. The summed E-state index contributed by atoms with van der Waals surface area (Å²) in [6.45, 7) is 6.63. The lowest BCUT2D eigenvalue weighted by atomic mass is 10.1. The Balaban J connectivity index is 2.31. The Hall–Kier alpha value is -1.29. The van der Waals surface area contributed by atoms with E-state index in [1.54, 1.807) is 0 Å². The molecule has 3 N–H and O–H groups in total. The molecule has 1 heterocycles. The molecule has 0 aromatic heterocycles. The number of fused-ring (bicyclic) bond motifs is 1. The van der Waals surface area contributed by atoms with E-state index in [1.165, 1.54) is 4.90 Å². The van der Waals surface area contributed by atoms with Crippen LogP contribution >= 0.6 is 11.8 Å². The van der Waals surface area contributed by atoms with Crippen molar-refractivity contribution in [2.24, 2.45) is 10.7 Å². The monoisotopic (exact) mass is 247 g/mol. The first kappa shape index (κ1) is 12.2. The molecule has 0 saturated carbocycles. The number of thioether (sulfide) groups is 1. The summed E-state index contributed by atoms with van der Waals surface area (Å²) >= 11 is 1.83. The van der Waals surface area contributed by atoms with Crippen molar-refractivity contribution in [3.05, 3.63) is 29.3 Å². The largest absolute Gasteiger partial charge is 0.383 e. The fourth-order valence-electron chi connectivity index (χ4n) is 1.64. The van der Waals surface area contributed by atoms with Crippen LogP contribution in [0.1, 0.15) is 38.3 Å². The number of nitrogens with two attached hydrogens (primary N) is 1. The third-order valence-corrected chi connectivity index (χ3v) is 4.33. The molecule has 0 aliphatic carbocycles. The summed E-state index contributed by atoms with van der Waals surface area (Å²) in [4.78, 5) is 5.15. The van der Waals surface area contributed by atoms with Crippen LogP contribution in [0.5, 0.6) is 0 Å². The van der Waals surface area contributed by atoms with Gasteiger partial charge in [0.25, 0.3) is 0 Å². The molecule has 1 aliphatic rings. The number of benzene rings is 1. The van der Waals surface area contributed by atoms with Gasteiger partial charge in [0.1, 0.15) is 5.84 Å². The smallest absolute Gasteiger partial charge is 0.154 e. The third kappa shape index (κ3) is 2.36. The van der Waals surface area contributed by atoms with Crippen molar-refractivity contribution < 1.29 is 0 Å². The van der Waals surface area contributed by atoms with Gasteiger partial charge < -0.3 is 5.73 Å². The summed E-state index contributed by atoms with van der Waals surface area (Å²) in [5.41, 5.74) is 7.47. The molecule has 1 aliphatic heterocycles. The number of amidine groups is 2. The Kier molecular flexibility index (Phi) is 3.00. The van der Waals surface area contributed by atoms with Gasteiger partial charge in [-0.05, 0) is 24.6 Å². The van der Waals surface area contributed by atoms with Crippen LogP contribution < -0.4 is 5.73 Å². The first-order chi connectivity index (χ1) is 7.93. The van der Waals surface area contributed by atoms with Gasteiger partial charge in [-0.2, -0.15) is 0 Å². The van der Waals surface area contributed by atoms with Crippen LogP contribution in [-0.4, -0.2) is 16.4 Å². The van der Waals surface area contributed by atoms with Gasteiger partial charge in [0, 0.05) is 20.8 Å². The lowest BCUT2D eigenvalue weighted by Gasteiger charge is -2.22. The maximum atomic E-state index is 7.76. The molecule has 0 fully saturated rings. The minimum absolute atomic E-state index is 0.210. The van der Waals surface area contributed by atoms with Crippen molar-refractivity contribution in [1.82, 2.24) is 0 Å². The lowest BCUT2D eigenvalue weighted by Crippen LogP contribution is -2.12. The average molecular weight is 247 g/mol. The highest BCUT2D eigenvalue weighted by atomic mass is 32.2. The van der Waals surface area contributed by atoms with Crippen molar-refractivity contribution >= 4 is 23.4 Å². The molecular weight excluding hydrogens is 230 g/mol. The summed E-state index contributed by atoms with van der Waals surface area (Å²) in [6.07, 6.45) is 1.10. The number of rotatable bonds is 3. The van der Waals surface area contributed by atoms with Gasteiger partial charge in [0.15, 0.2) is 5.84 Å². The highest BCUT2D eigenvalue weighted by molar-refractivity contribution is 8.00. The molecule has 90 valence electrons. The van der Waals surface area contributed by atoms with Gasteiger partial charge in [-0.15, -0.1) is 11.8 Å². The van der Waals surface area contributed by atoms with E-state index in [4.69, 9.17) is 11.1 Å². The fourth-order valence-corrected chi connectivity index (χ4v) is 2.73. The molecule has 3 nitrogen and oxygen atoms in total. The van der Waals surface area contributed by atoms with Crippen molar-refractivity contribution in [2.45, 2.75) is 36.8 Å². The number of aliphatic imine (C=N–C) groups is 1. The summed E-state index contributed by atoms with van der Waals surface area (Å²) in [5, 5.41) is 7.76. The molecule has 17 heavy (non-hydrogen) atoms. The van der Waals surface area contributed by atoms with Crippen LogP contribution in [0, 0.1) is 5.41 Å². The number of hydrogen-bond donors (Lipinski definition) is 2. The van der Waals surface area contributed by atoms with Crippen LogP contribution in [0.4, 0.5) is 0 Å². The molecular formula is C13H17N3S. The molecule has 2 rings (SSSR count). The molecule has 1 aromatic rings. The molecule has 0 bridgehead atoms. The zero-order chi connectivity index (χ0) is 12.6. The third-order valence-electron chi connectivity index (χ3n) is 3.00. The van der Waals surface area contributed by atoms with Crippen LogP contribution in [-0.2, 0) is 0 Å². The lowest BCUT2D eigenvalue weighted by molar-refractivity contribution is 0.684. The predicted octanol–water partition coefficient (Wildman–Crippen LogP) is 3.01. The SMILES string of the molecule is CCC(C)(C)Sc1ccc2c(c1)C(=N)N=C2N. The topological polar surface area (TPSA) is 62.2 Å². The Labute approximate surface area is 106 Å². The van der Waals surface area contributed by atoms with Gasteiger partial charge in [0.05, 0.1) is 0 Å². The van der Waals surface area contributed by atoms with E-state index in [0.29, 0.717) is 5.84 Å². The molecule has 4 heteroatoms. The molecule has 0 atom stereocenters. The molecule has 1 aromatic carbocycles. The second kappa shape index (κ2) is 4.18. The van der Waals surface area contributed by atoms with Crippen LogP contribution in [0.25, 0.3) is 0 Å². The number of nitrogens with one attached hydrogen (secondary N) is 1. The second-order valence-electron chi connectivity index (χ2n) is 4.77. The molecule has 0 saturated heterocycles. The Morgan fingerprint density at radius 3 is 2.71 bits per heavy atom. The fraction of sp³-hybridized carbons (Fsp3) is 0.385. The summed E-state index contributed by atoms with van der Waals surface area (Å²) in [6, 6.07) is 6.04. The van der Waals surface area contributed by atoms with E-state index in [0.717, 1.165) is 17.5 Å². The Morgan fingerprint density at radius 2 is 2.06 bits per heavy atom. The minimum atomic E-state index is 0.210. The van der Waals surface area contributed by atoms with E-state index in [9.17, 15) is 0 Å². The van der Waals surface area contributed by atoms with Gasteiger partial charge in [-0.1, -0.05) is 20.8 Å². The number of hydrogen-bond acceptors (Lipinski definition) is 3. The first-order valence-electron chi connectivity index (χ1n) is 5.69. The first-order valence-corrected chi connectivity index (χ1v) is 6.51. The normalized spacial score (nSPS) is 14.8. The van der Waals surface area contributed by atoms with Crippen LogP contribution in [0.2, 0.25) is 0 Å². The van der Waals surface area contributed by atoms with Crippen molar-refractivity contribution in [2.75, 3.05) is 0 Å². The second-order valence-corrected chi connectivity index (χ2v) is 6.55. The standard InChI is InChI=1S/C13H17N3S/c1-4-13(2,3)17-8-5-6-9-10(7-8)12(15)16-11(9)14/h5-7H,4H2,1-3H3,(H3,14,15,16). The van der Waals surface area contributed by atoms with Gasteiger partial charge in [0.2, 0.25) is 0 Å². The zero-order valence-electron chi connectivity index (χ0n) is 10.4. The van der Waals surface area contributed by atoms with Gasteiger partial charge in [-0.25, -0.2) is 4.99 Å². The zero-order valence-corrected chi connectivity index (χ0v) is 11.2. The van der Waals surface area contributed by atoms with Gasteiger partial charge >= 0.3 is 0 Å². The summed E-state index contributed by atoms with van der Waals surface area (Å²) in [5.74, 6) is 0.727. The van der Waals surface area contributed by atoms with Crippen molar-refractivity contribution in [1.29, 1.82) is 5.41 Å². The van der Waals surface area contributed by atoms with E-state index in [-0.39, 0.29) is 10.6 Å². The average Bonchev–Trinajstić information content (AvgIpc) is 2.54. The van der Waals surface area contributed by atoms with Crippen LogP contribution in [0.15, 0.2) is 28.1 Å². The van der Waals surface area contributed by atoms with E-state index in [1.807, 2.05) is 23.9 Å². The molecule has 0 unspecified atom stereocenters. The van der Waals surface area contributed by atoms with E-state index >= 15 is 0 Å². The van der Waals surface area contributed by atoms with Crippen molar-refractivity contribution in [3.8, 4) is 0 Å². The van der Waals surface area contributed by atoms with E-state index < -0.39 is 0 Å². The van der Waals surface area contributed by atoms with Crippen LogP contribution in [0.3, 0.4) is 0 Å².